The van der Waals surface area contributed by atoms with Crippen LogP contribution in [0.2, 0.25) is 0 Å². The molecule has 19 heavy (non-hydrogen) atoms. The highest BCUT2D eigenvalue weighted by atomic mass is 32.2. The summed E-state index contributed by atoms with van der Waals surface area (Å²) in [6, 6.07) is 0.346. The van der Waals surface area contributed by atoms with E-state index in [4.69, 9.17) is 5.11 Å². The van der Waals surface area contributed by atoms with E-state index >= 15 is 0 Å². The summed E-state index contributed by atoms with van der Waals surface area (Å²) in [6.45, 7) is 0.524. The molecule has 0 aromatic heterocycles. The SMILES string of the molecule is O=C(O)C1CCC(O)(CNC2CCS(=O)CC2)CC1. The van der Waals surface area contributed by atoms with Gasteiger partial charge in [0, 0.05) is 34.9 Å². The molecular weight excluding hydrogens is 266 g/mol. The zero-order valence-electron chi connectivity index (χ0n) is 11.1. The number of hydrogen-bond donors (Lipinski definition) is 3. The van der Waals surface area contributed by atoms with Crippen LogP contribution in [-0.2, 0) is 15.6 Å². The van der Waals surface area contributed by atoms with Crippen molar-refractivity contribution in [3.63, 3.8) is 0 Å². The van der Waals surface area contributed by atoms with Gasteiger partial charge in [0.2, 0.25) is 0 Å². The van der Waals surface area contributed by atoms with Crippen molar-refractivity contribution < 1.29 is 19.2 Å². The Morgan fingerprint density at radius 2 is 1.79 bits per heavy atom. The number of aliphatic carboxylic acids is 1. The van der Waals surface area contributed by atoms with Crippen molar-refractivity contribution >= 4 is 16.8 Å². The van der Waals surface area contributed by atoms with Crippen molar-refractivity contribution in [3.05, 3.63) is 0 Å². The molecule has 0 amide bonds. The molecule has 0 spiro atoms. The van der Waals surface area contributed by atoms with Gasteiger partial charge >= 0.3 is 5.97 Å². The predicted octanol–water partition coefficient (Wildman–Crippen LogP) is 0.493. The molecule has 1 aliphatic heterocycles. The first-order chi connectivity index (χ1) is 8.98. The summed E-state index contributed by atoms with van der Waals surface area (Å²) in [7, 11) is -0.657. The summed E-state index contributed by atoms with van der Waals surface area (Å²) in [4.78, 5) is 10.9. The molecule has 1 saturated carbocycles. The first-order valence-electron chi connectivity index (χ1n) is 7.02. The Kier molecular flexibility index (Phi) is 4.97. The lowest BCUT2D eigenvalue weighted by molar-refractivity contribution is -0.144. The maximum Gasteiger partial charge on any atom is 0.306 e. The van der Waals surface area contributed by atoms with E-state index in [-0.39, 0.29) is 5.92 Å². The van der Waals surface area contributed by atoms with Gasteiger partial charge in [0.05, 0.1) is 11.5 Å². The minimum atomic E-state index is -0.761. The Bertz CT molecular complexity index is 343. The fraction of sp³-hybridized carbons (Fsp3) is 0.923. The van der Waals surface area contributed by atoms with E-state index in [1.165, 1.54) is 0 Å². The third kappa shape index (κ3) is 4.26. The number of carboxylic acids is 1. The van der Waals surface area contributed by atoms with Crippen LogP contribution in [0, 0.1) is 5.92 Å². The largest absolute Gasteiger partial charge is 0.481 e. The summed E-state index contributed by atoms with van der Waals surface area (Å²) < 4.78 is 11.3. The highest BCUT2D eigenvalue weighted by molar-refractivity contribution is 7.85. The van der Waals surface area contributed by atoms with Gasteiger partial charge in [-0.15, -0.1) is 0 Å². The monoisotopic (exact) mass is 289 g/mol. The second-order valence-electron chi connectivity index (χ2n) is 5.84. The molecular formula is C13H23NO4S. The number of carbonyl (C=O) groups is 1. The molecule has 1 saturated heterocycles. The van der Waals surface area contributed by atoms with Crippen LogP contribution in [0.3, 0.4) is 0 Å². The molecule has 0 unspecified atom stereocenters. The standard InChI is InChI=1S/C13H23NO4S/c15-12(16)10-1-5-13(17,6-2-10)9-14-11-3-7-19(18)8-4-11/h10-11,14,17H,1-9H2,(H,15,16). The minimum Gasteiger partial charge on any atom is -0.481 e. The van der Waals surface area contributed by atoms with E-state index in [9.17, 15) is 14.1 Å². The predicted molar refractivity (Wildman–Crippen MR) is 73.4 cm³/mol. The van der Waals surface area contributed by atoms with Gasteiger partial charge < -0.3 is 15.5 Å². The lowest BCUT2D eigenvalue weighted by atomic mass is 9.78. The summed E-state index contributed by atoms with van der Waals surface area (Å²) in [5, 5.41) is 22.7. The third-order valence-electron chi connectivity index (χ3n) is 4.37. The Balaban J connectivity index is 1.73. The van der Waals surface area contributed by atoms with Crippen molar-refractivity contribution in [3.8, 4) is 0 Å². The molecule has 110 valence electrons. The fourth-order valence-corrected chi connectivity index (χ4v) is 4.21. The zero-order chi connectivity index (χ0) is 13.9. The lowest BCUT2D eigenvalue weighted by Gasteiger charge is -2.36. The van der Waals surface area contributed by atoms with Crippen LogP contribution in [0.15, 0.2) is 0 Å². The molecule has 0 aromatic carbocycles. The van der Waals surface area contributed by atoms with E-state index in [0.29, 0.717) is 38.3 Å². The first-order valence-corrected chi connectivity index (χ1v) is 8.51. The Morgan fingerprint density at radius 3 is 2.32 bits per heavy atom. The number of aliphatic hydroxyl groups is 1. The maximum absolute atomic E-state index is 11.3. The number of carboxylic acid groups (broad SMARTS) is 1. The van der Waals surface area contributed by atoms with Gasteiger partial charge in [-0.05, 0) is 38.5 Å². The van der Waals surface area contributed by atoms with Crippen molar-refractivity contribution in [2.45, 2.75) is 50.2 Å². The van der Waals surface area contributed by atoms with Crippen molar-refractivity contribution in [2.75, 3.05) is 18.1 Å². The van der Waals surface area contributed by atoms with Crippen LogP contribution in [-0.4, -0.2) is 50.1 Å². The molecule has 0 bridgehead atoms. The Morgan fingerprint density at radius 1 is 1.21 bits per heavy atom. The lowest BCUT2D eigenvalue weighted by Crippen LogP contribution is -2.48. The Labute approximate surface area is 116 Å². The van der Waals surface area contributed by atoms with Crippen LogP contribution < -0.4 is 5.32 Å². The van der Waals surface area contributed by atoms with Gasteiger partial charge in [-0.3, -0.25) is 9.00 Å². The topological polar surface area (TPSA) is 86.6 Å². The summed E-state index contributed by atoms with van der Waals surface area (Å²) in [5.41, 5.74) is -0.761. The van der Waals surface area contributed by atoms with Crippen molar-refractivity contribution in [1.29, 1.82) is 0 Å². The molecule has 3 N–H and O–H groups in total. The summed E-state index contributed by atoms with van der Waals surface area (Å²) in [5.74, 6) is 0.455. The van der Waals surface area contributed by atoms with Gasteiger partial charge in [0.25, 0.3) is 0 Å². The van der Waals surface area contributed by atoms with Gasteiger partial charge in [-0.25, -0.2) is 0 Å². The molecule has 1 aliphatic carbocycles. The second kappa shape index (κ2) is 6.33. The minimum absolute atomic E-state index is 0.294. The van der Waals surface area contributed by atoms with Crippen LogP contribution in [0.5, 0.6) is 0 Å². The van der Waals surface area contributed by atoms with Gasteiger partial charge in [-0.1, -0.05) is 0 Å². The number of rotatable bonds is 4. The second-order valence-corrected chi connectivity index (χ2v) is 7.54. The third-order valence-corrected chi connectivity index (χ3v) is 5.76. The number of hydrogen-bond acceptors (Lipinski definition) is 4. The molecule has 0 atom stereocenters. The average Bonchev–Trinajstić information content (AvgIpc) is 2.39. The zero-order valence-corrected chi connectivity index (χ0v) is 12.0. The summed E-state index contributed by atoms with van der Waals surface area (Å²) >= 11 is 0. The molecule has 1 heterocycles. The van der Waals surface area contributed by atoms with Gasteiger partial charge in [-0.2, -0.15) is 0 Å². The molecule has 5 nitrogen and oxygen atoms in total. The highest BCUT2D eigenvalue weighted by Crippen LogP contribution is 2.32. The van der Waals surface area contributed by atoms with E-state index in [0.717, 1.165) is 24.3 Å². The molecule has 0 radical (unpaired) electrons. The van der Waals surface area contributed by atoms with Crippen LogP contribution in [0.4, 0.5) is 0 Å². The first kappa shape index (κ1) is 14.9. The quantitative estimate of drug-likeness (QED) is 0.701. The fourth-order valence-electron chi connectivity index (χ4n) is 2.91. The van der Waals surface area contributed by atoms with Crippen molar-refractivity contribution in [2.24, 2.45) is 5.92 Å². The molecule has 6 heteroatoms. The molecule has 2 fully saturated rings. The summed E-state index contributed by atoms with van der Waals surface area (Å²) in [6.07, 6.45) is 4.02. The maximum atomic E-state index is 11.3. The van der Waals surface area contributed by atoms with Crippen LogP contribution in [0.25, 0.3) is 0 Å². The van der Waals surface area contributed by atoms with E-state index in [2.05, 4.69) is 5.32 Å². The Hall–Kier alpha value is -0.460. The normalized spacial score (nSPS) is 39.9. The molecule has 2 aliphatic rings. The highest BCUT2D eigenvalue weighted by Gasteiger charge is 2.36. The van der Waals surface area contributed by atoms with Gasteiger partial charge in [0.15, 0.2) is 0 Å². The average molecular weight is 289 g/mol. The van der Waals surface area contributed by atoms with Crippen LogP contribution >= 0.6 is 0 Å². The van der Waals surface area contributed by atoms with Crippen LogP contribution in [0.1, 0.15) is 38.5 Å². The van der Waals surface area contributed by atoms with E-state index in [1.54, 1.807) is 0 Å². The van der Waals surface area contributed by atoms with Gasteiger partial charge in [0.1, 0.15) is 0 Å². The van der Waals surface area contributed by atoms with E-state index < -0.39 is 22.4 Å². The molecule has 0 aromatic rings. The van der Waals surface area contributed by atoms with E-state index in [1.807, 2.05) is 0 Å². The van der Waals surface area contributed by atoms with Crippen molar-refractivity contribution in [1.82, 2.24) is 5.32 Å². The molecule has 2 rings (SSSR count). The smallest absolute Gasteiger partial charge is 0.306 e. The number of nitrogens with one attached hydrogen (secondary N) is 1.